The maximum atomic E-state index is 12.5. The number of aliphatic imine (C=N–C) groups is 1. The number of carbonyl (C=O) groups is 1. The van der Waals surface area contributed by atoms with Crippen LogP contribution in [0.3, 0.4) is 0 Å². The summed E-state index contributed by atoms with van der Waals surface area (Å²) in [5.74, 6) is 0.463. The lowest BCUT2D eigenvalue weighted by Crippen LogP contribution is -2.21. The largest absolute Gasteiger partial charge is 0.347 e. The number of fused-ring (bicyclic) bond motifs is 1. The first-order valence-corrected chi connectivity index (χ1v) is 10.4. The van der Waals surface area contributed by atoms with Crippen molar-refractivity contribution < 1.29 is 6.22 Å². The van der Waals surface area contributed by atoms with Gasteiger partial charge in [-0.2, -0.15) is 0 Å². The van der Waals surface area contributed by atoms with Crippen LogP contribution >= 0.6 is 22.9 Å². The molecule has 7 heteroatoms. The highest BCUT2D eigenvalue weighted by Gasteiger charge is 2.54. The van der Waals surface area contributed by atoms with E-state index in [2.05, 4.69) is 32.0 Å². The predicted octanol–water partition coefficient (Wildman–Crippen LogP) is 4.30. The summed E-state index contributed by atoms with van der Waals surface area (Å²) in [4.78, 5) is 18.7. The van der Waals surface area contributed by atoms with Crippen molar-refractivity contribution in [1.82, 2.24) is 14.9 Å². The Balaban J connectivity index is 0.00000192. The third-order valence-electron chi connectivity index (χ3n) is 5.13. The summed E-state index contributed by atoms with van der Waals surface area (Å²) < 4.78 is 3.88. The van der Waals surface area contributed by atoms with Crippen LogP contribution in [0.4, 0.5) is 0 Å². The Morgan fingerprint density at radius 3 is 2.93 bits per heavy atom. The van der Waals surface area contributed by atoms with Gasteiger partial charge in [0, 0.05) is 47.5 Å². The van der Waals surface area contributed by atoms with Crippen LogP contribution in [-0.4, -0.2) is 21.7 Å². The molecule has 27 heavy (non-hydrogen) atoms. The maximum Gasteiger partial charge on any atom is 0.261 e. The van der Waals surface area contributed by atoms with Gasteiger partial charge in [0.05, 0.1) is 4.88 Å². The highest BCUT2D eigenvalue weighted by Crippen LogP contribution is 2.57. The van der Waals surface area contributed by atoms with Gasteiger partial charge >= 0.3 is 0 Å². The number of aromatic nitrogens is 2. The molecule has 1 aliphatic carbocycles. The van der Waals surface area contributed by atoms with Gasteiger partial charge in [0.25, 0.3) is 5.91 Å². The summed E-state index contributed by atoms with van der Waals surface area (Å²) in [6, 6.07) is 12.0. The summed E-state index contributed by atoms with van der Waals surface area (Å²) in [6.07, 6.45) is 7.15. The van der Waals surface area contributed by atoms with E-state index in [1.165, 1.54) is 16.4 Å². The van der Waals surface area contributed by atoms with Crippen molar-refractivity contribution in [3.05, 3.63) is 69.4 Å². The number of benzene rings is 1. The van der Waals surface area contributed by atoms with Gasteiger partial charge < -0.3 is 5.32 Å². The molecular weight excluding hydrogens is 376 g/mol. The molecule has 1 fully saturated rings. The number of thiophene rings is 1. The number of hydrogen-bond acceptors (Lipinski definition) is 6. The van der Waals surface area contributed by atoms with Gasteiger partial charge in [0.15, 0.2) is 0 Å². The molecule has 1 saturated carbocycles. The standard InChI is InChI=1S/C20H16N4OS2.H2/c25-19(17-5-6-18(27-17)20-7-8-21-11-15(20)9-20)22-10-13-1-3-14(4-2-13)16-12-26-24-23-16;/h1-8,11-12,15H,9-10H2,(H,22,25);1H. The second kappa shape index (κ2) is 6.51. The third kappa shape index (κ3) is 3.02. The summed E-state index contributed by atoms with van der Waals surface area (Å²) in [7, 11) is 0. The van der Waals surface area contributed by atoms with Gasteiger partial charge in [0.1, 0.15) is 5.69 Å². The van der Waals surface area contributed by atoms with Crippen LogP contribution in [0.1, 0.15) is 28.0 Å². The lowest BCUT2D eigenvalue weighted by molar-refractivity contribution is 0.0955. The molecule has 2 atom stereocenters. The first kappa shape index (κ1) is 16.5. The lowest BCUT2D eigenvalue weighted by atomic mass is 10.0. The van der Waals surface area contributed by atoms with Crippen LogP contribution in [0, 0.1) is 5.92 Å². The van der Waals surface area contributed by atoms with E-state index in [0.717, 1.165) is 28.1 Å². The molecule has 2 aromatic heterocycles. The van der Waals surface area contributed by atoms with Crippen molar-refractivity contribution in [3.8, 4) is 11.3 Å². The van der Waals surface area contributed by atoms with E-state index in [-0.39, 0.29) is 12.7 Å². The molecule has 5 nitrogen and oxygen atoms in total. The van der Waals surface area contributed by atoms with Gasteiger partial charge in [-0.05, 0) is 35.6 Å². The molecular formula is C20H18N4OS2. The van der Waals surface area contributed by atoms with E-state index >= 15 is 0 Å². The summed E-state index contributed by atoms with van der Waals surface area (Å²) in [6.45, 7) is 0.502. The summed E-state index contributed by atoms with van der Waals surface area (Å²) in [5, 5.41) is 9.00. The molecule has 0 spiro atoms. The molecule has 1 aromatic carbocycles. The fraction of sp³-hybridized carbons (Fsp3) is 0.200. The zero-order valence-electron chi connectivity index (χ0n) is 14.3. The molecule has 2 unspecified atom stereocenters. The minimum absolute atomic E-state index is 0. The third-order valence-corrected chi connectivity index (χ3v) is 6.92. The molecule has 0 bridgehead atoms. The van der Waals surface area contributed by atoms with Gasteiger partial charge in [0.2, 0.25) is 0 Å². The molecule has 1 N–H and O–H groups in total. The van der Waals surface area contributed by atoms with E-state index in [1.807, 2.05) is 48.1 Å². The first-order chi connectivity index (χ1) is 13.2. The van der Waals surface area contributed by atoms with Crippen molar-refractivity contribution in [2.45, 2.75) is 18.4 Å². The van der Waals surface area contributed by atoms with Crippen LogP contribution in [-0.2, 0) is 12.0 Å². The quantitative estimate of drug-likeness (QED) is 0.702. The molecule has 2 aliphatic rings. The highest BCUT2D eigenvalue weighted by atomic mass is 32.1. The monoisotopic (exact) mass is 394 g/mol. The van der Waals surface area contributed by atoms with Gasteiger partial charge in [-0.3, -0.25) is 9.79 Å². The summed E-state index contributed by atoms with van der Waals surface area (Å²) >= 11 is 2.92. The van der Waals surface area contributed by atoms with E-state index in [4.69, 9.17) is 0 Å². The number of amides is 1. The lowest BCUT2D eigenvalue weighted by Gasteiger charge is -2.10. The minimum Gasteiger partial charge on any atom is -0.347 e. The number of nitrogens with zero attached hydrogens (tertiary/aromatic N) is 3. The second-order valence-corrected chi connectivity index (χ2v) is 8.49. The Morgan fingerprint density at radius 1 is 1.26 bits per heavy atom. The van der Waals surface area contributed by atoms with Crippen LogP contribution in [0.2, 0.25) is 0 Å². The average Bonchev–Trinajstić information content (AvgIpc) is 3.08. The molecule has 5 rings (SSSR count). The summed E-state index contributed by atoms with van der Waals surface area (Å²) in [5.41, 5.74) is 3.05. The highest BCUT2D eigenvalue weighted by molar-refractivity contribution is 7.14. The van der Waals surface area contributed by atoms with Crippen molar-refractivity contribution >= 4 is 35.0 Å². The number of hydrogen-bond donors (Lipinski definition) is 1. The van der Waals surface area contributed by atoms with Crippen LogP contribution in [0.5, 0.6) is 0 Å². The van der Waals surface area contributed by atoms with Crippen molar-refractivity contribution in [2.75, 3.05) is 0 Å². The molecule has 0 radical (unpaired) electrons. The first-order valence-electron chi connectivity index (χ1n) is 8.70. The normalized spacial score (nSPS) is 22.4. The predicted molar refractivity (Wildman–Crippen MR) is 110 cm³/mol. The Hall–Kier alpha value is -2.64. The fourth-order valence-electron chi connectivity index (χ4n) is 3.44. The number of allylic oxidation sites excluding steroid dienone is 1. The molecule has 1 aliphatic heterocycles. The molecule has 3 heterocycles. The Morgan fingerprint density at radius 2 is 2.15 bits per heavy atom. The van der Waals surface area contributed by atoms with E-state index in [0.29, 0.717) is 12.5 Å². The minimum atomic E-state index is -0.0268. The van der Waals surface area contributed by atoms with Crippen LogP contribution in [0.25, 0.3) is 11.3 Å². The molecule has 3 aromatic rings. The Kier molecular flexibility index (Phi) is 3.98. The number of carbonyl (C=O) groups excluding carboxylic acids is 1. The van der Waals surface area contributed by atoms with E-state index < -0.39 is 0 Å². The van der Waals surface area contributed by atoms with Crippen molar-refractivity contribution in [3.63, 3.8) is 0 Å². The van der Waals surface area contributed by atoms with Crippen LogP contribution < -0.4 is 5.32 Å². The smallest absolute Gasteiger partial charge is 0.261 e. The van der Waals surface area contributed by atoms with Crippen molar-refractivity contribution in [1.29, 1.82) is 0 Å². The number of nitrogens with one attached hydrogen (secondary N) is 1. The second-order valence-electron chi connectivity index (χ2n) is 6.80. The molecule has 0 saturated heterocycles. The topological polar surface area (TPSA) is 67.2 Å². The molecule has 136 valence electrons. The zero-order valence-corrected chi connectivity index (χ0v) is 16.0. The van der Waals surface area contributed by atoms with E-state index in [1.54, 1.807) is 11.3 Å². The van der Waals surface area contributed by atoms with Gasteiger partial charge in [-0.15, -0.1) is 16.4 Å². The van der Waals surface area contributed by atoms with Gasteiger partial charge in [-0.1, -0.05) is 34.8 Å². The Labute approximate surface area is 166 Å². The van der Waals surface area contributed by atoms with Crippen molar-refractivity contribution in [2.24, 2.45) is 10.9 Å². The Bertz CT molecular complexity index is 1040. The zero-order chi connectivity index (χ0) is 18.3. The van der Waals surface area contributed by atoms with Gasteiger partial charge in [-0.25, -0.2) is 0 Å². The number of rotatable bonds is 5. The fourth-order valence-corrected chi connectivity index (χ4v) is 5.07. The van der Waals surface area contributed by atoms with Crippen LogP contribution in [0.15, 0.2) is 59.0 Å². The average molecular weight is 395 g/mol. The molecule has 1 amide bonds. The van der Waals surface area contributed by atoms with E-state index in [9.17, 15) is 4.79 Å². The maximum absolute atomic E-state index is 12.5. The SMILES string of the molecule is O=C(NCc1ccc(-c2csnn2)cc1)c1ccc(C23C=CN=CC2C3)s1.[HH].